The maximum Gasteiger partial charge on any atom is 0.251 e. The summed E-state index contributed by atoms with van der Waals surface area (Å²) in [4.78, 5) is 16.1. The van der Waals surface area contributed by atoms with Crippen LogP contribution in [-0.4, -0.2) is 36.0 Å². The molecule has 0 radical (unpaired) electrons. The number of halogens is 1. The molecular formula is C14H22ClN3OS. The van der Waals surface area contributed by atoms with Gasteiger partial charge in [0.1, 0.15) is 11.0 Å². The zero-order valence-electron chi connectivity index (χ0n) is 12.0. The van der Waals surface area contributed by atoms with Crippen LogP contribution in [0, 0.1) is 0 Å². The van der Waals surface area contributed by atoms with Gasteiger partial charge in [0.25, 0.3) is 5.91 Å². The number of amides is 1. The molecule has 1 amide bonds. The fourth-order valence-electron chi connectivity index (χ4n) is 1.75. The van der Waals surface area contributed by atoms with Crippen LogP contribution in [0.2, 0.25) is 5.15 Å². The molecule has 0 saturated carbocycles. The molecule has 112 valence electrons. The molecule has 2 N–H and O–H groups in total. The summed E-state index contributed by atoms with van der Waals surface area (Å²) in [6.45, 7) is 3.41. The number of nitrogens with zero attached hydrogens (tertiary/aromatic N) is 1. The van der Waals surface area contributed by atoms with E-state index in [0.717, 1.165) is 19.4 Å². The number of carbonyl (C=O) groups is 1. The van der Waals surface area contributed by atoms with Crippen LogP contribution in [0.15, 0.2) is 12.1 Å². The molecule has 0 bridgehead atoms. The van der Waals surface area contributed by atoms with Gasteiger partial charge in [-0.3, -0.25) is 4.79 Å². The number of anilines is 1. The molecular weight excluding hydrogens is 294 g/mol. The molecule has 0 unspecified atom stereocenters. The highest BCUT2D eigenvalue weighted by Gasteiger charge is 2.08. The average Bonchev–Trinajstić information content (AvgIpc) is 2.42. The lowest BCUT2D eigenvalue weighted by Crippen LogP contribution is -2.24. The SMILES string of the molecule is CCNc1cc(C(=O)NCCCCCSC)cc(Cl)n1. The molecule has 0 aliphatic rings. The number of rotatable bonds is 9. The molecule has 0 aliphatic heterocycles. The molecule has 1 rings (SSSR count). The molecule has 0 fully saturated rings. The largest absolute Gasteiger partial charge is 0.370 e. The van der Waals surface area contributed by atoms with Crippen molar-refractivity contribution in [1.82, 2.24) is 10.3 Å². The van der Waals surface area contributed by atoms with Crippen molar-refractivity contribution in [3.8, 4) is 0 Å². The summed E-state index contributed by atoms with van der Waals surface area (Å²) in [7, 11) is 0. The molecule has 0 aliphatic carbocycles. The Morgan fingerprint density at radius 1 is 1.35 bits per heavy atom. The fourth-order valence-corrected chi connectivity index (χ4v) is 2.45. The maximum atomic E-state index is 12.0. The van der Waals surface area contributed by atoms with Gasteiger partial charge < -0.3 is 10.6 Å². The number of carbonyl (C=O) groups excluding carboxylic acids is 1. The summed E-state index contributed by atoms with van der Waals surface area (Å²) in [6, 6.07) is 3.31. The van der Waals surface area contributed by atoms with E-state index in [4.69, 9.17) is 11.6 Å². The van der Waals surface area contributed by atoms with Gasteiger partial charge in [-0.1, -0.05) is 18.0 Å². The smallest absolute Gasteiger partial charge is 0.251 e. The van der Waals surface area contributed by atoms with Gasteiger partial charge in [0.2, 0.25) is 0 Å². The Bertz CT molecular complexity index is 429. The first kappa shape index (κ1) is 17.1. The van der Waals surface area contributed by atoms with Crippen LogP contribution >= 0.6 is 23.4 Å². The number of pyridine rings is 1. The Hall–Kier alpha value is -0.940. The van der Waals surface area contributed by atoms with E-state index in [2.05, 4.69) is 21.9 Å². The topological polar surface area (TPSA) is 54.0 Å². The van der Waals surface area contributed by atoms with Crippen LogP contribution in [0.25, 0.3) is 0 Å². The summed E-state index contributed by atoms with van der Waals surface area (Å²) in [6.07, 6.45) is 5.45. The molecule has 6 heteroatoms. The molecule has 1 aromatic rings. The fraction of sp³-hybridized carbons (Fsp3) is 0.571. The zero-order chi connectivity index (χ0) is 14.8. The molecule has 4 nitrogen and oxygen atoms in total. The minimum absolute atomic E-state index is 0.0988. The first-order chi connectivity index (χ1) is 9.67. The van der Waals surface area contributed by atoms with Crippen molar-refractivity contribution in [1.29, 1.82) is 0 Å². The van der Waals surface area contributed by atoms with Gasteiger partial charge in [-0.05, 0) is 43.9 Å². The van der Waals surface area contributed by atoms with Gasteiger partial charge in [-0.15, -0.1) is 0 Å². The molecule has 1 heterocycles. The predicted molar refractivity (Wildman–Crippen MR) is 88.0 cm³/mol. The standard InChI is InChI=1S/C14H22ClN3OS/c1-3-16-13-10-11(9-12(15)18-13)14(19)17-7-5-4-6-8-20-2/h9-10H,3-8H2,1-2H3,(H,16,18)(H,17,19). The lowest BCUT2D eigenvalue weighted by atomic mass is 10.2. The number of aromatic nitrogens is 1. The van der Waals surface area contributed by atoms with Crippen LogP contribution in [-0.2, 0) is 0 Å². The van der Waals surface area contributed by atoms with Crippen LogP contribution < -0.4 is 10.6 Å². The summed E-state index contributed by atoms with van der Waals surface area (Å²) in [5, 5.41) is 6.30. The average molecular weight is 316 g/mol. The van der Waals surface area contributed by atoms with Crippen molar-refractivity contribution in [2.75, 3.05) is 30.4 Å². The number of thioether (sulfide) groups is 1. The van der Waals surface area contributed by atoms with Gasteiger partial charge in [0, 0.05) is 18.7 Å². The lowest BCUT2D eigenvalue weighted by Gasteiger charge is -2.08. The highest BCUT2D eigenvalue weighted by molar-refractivity contribution is 7.98. The van der Waals surface area contributed by atoms with Crippen LogP contribution in [0.5, 0.6) is 0 Å². The lowest BCUT2D eigenvalue weighted by molar-refractivity contribution is 0.0953. The van der Waals surface area contributed by atoms with E-state index in [0.29, 0.717) is 23.1 Å². The quantitative estimate of drug-likeness (QED) is 0.541. The van der Waals surface area contributed by atoms with Gasteiger partial charge in [-0.2, -0.15) is 11.8 Å². The maximum absolute atomic E-state index is 12.0. The van der Waals surface area contributed by atoms with Crippen LogP contribution in [0.1, 0.15) is 36.5 Å². The Labute approximate surface area is 130 Å². The third-order valence-electron chi connectivity index (χ3n) is 2.72. The van der Waals surface area contributed by atoms with Crippen molar-refractivity contribution in [2.45, 2.75) is 26.2 Å². The Morgan fingerprint density at radius 3 is 2.85 bits per heavy atom. The third-order valence-corrected chi connectivity index (χ3v) is 3.62. The summed E-state index contributed by atoms with van der Waals surface area (Å²) < 4.78 is 0. The molecule has 0 aromatic carbocycles. The molecule has 20 heavy (non-hydrogen) atoms. The number of nitrogens with one attached hydrogen (secondary N) is 2. The van der Waals surface area contributed by atoms with Gasteiger partial charge in [0.05, 0.1) is 0 Å². The summed E-state index contributed by atoms with van der Waals surface area (Å²) in [5.74, 6) is 1.71. The number of hydrogen-bond donors (Lipinski definition) is 2. The van der Waals surface area contributed by atoms with E-state index < -0.39 is 0 Å². The van der Waals surface area contributed by atoms with E-state index >= 15 is 0 Å². The van der Waals surface area contributed by atoms with Crippen molar-refractivity contribution in [3.63, 3.8) is 0 Å². The Kier molecular flexibility index (Phi) is 8.46. The van der Waals surface area contributed by atoms with Crippen molar-refractivity contribution >= 4 is 35.1 Å². The second-order valence-electron chi connectivity index (χ2n) is 4.40. The van der Waals surface area contributed by atoms with Crippen LogP contribution in [0.4, 0.5) is 5.82 Å². The number of unbranched alkanes of at least 4 members (excludes halogenated alkanes) is 2. The second kappa shape index (κ2) is 9.88. The van der Waals surface area contributed by atoms with Crippen molar-refractivity contribution in [3.05, 3.63) is 22.8 Å². The van der Waals surface area contributed by atoms with Gasteiger partial charge >= 0.3 is 0 Å². The van der Waals surface area contributed by atoms with E-state index in [1.165, 1.54) is 12.2 Å². The highest BCUT2D eigenvalue weighted by atomic mass is 35.5. The van der Waals surface area contributed by atoms with Crippen LogP contribution in [0.3, 0.4) is 0 Å². The summed E-state index contributed by atoms with van der Waals surface area (Å²) in [5.41, 5.74) is 0.546. The second-order valence-corrected chi connectivity index (χ2v) is 5.78. The first-order valence-corrected chi connectivity index (χ1v) is 8.63. The minimum Gasteiger partial charge on any atom is -0.370 e. The van der Waals surface area contributed by atoms with Gasteiger partial charge in [-0.25, -0.2) is 4.98 Å². The highest BCUT2D eigenvalue weighted by Crippen LogP contribution is 2.14. The van der Waals surface area contributed by atoms with E-state index in [-0.39, 0.29) is 5.91 Å². The Balaban J connectivity index is 2.42. The Morgan fingerprint density at radius 2 is 2.15 bits per heavy atom. The monoisotopic (exact) mass is 315 g/mol. The molecule has 0 atom stereocenters. The normalized spacial score (nSPS) is 10.3. The molecule has 1 aromatic heterocycles. The van der Waals surface area contributed by atoms with Gasteiger partial charge in [0.15, 0.2) is 0 Å². The predicted octanol–water partition coefficient (Wildman–Crippen LogP) is 3.43. The first-order valence-electron chi connectivity index (χ1n) is 6.86. The third kappa shape index (κ3) is 6.48. The van der Waals surface area contributed by atoms with Crippen molar-refractivity contribution in [2.24, 2.45) is 0 Å². The van der Waals surface area contributed by atoms with E-state index in [1.54, 1.807) is 12.1 Å². The number of hydrogen-bond acceptors (Lipinski definition) is 4. The van der Waals surface area contributed by atoms with E-state index in [9.17, 15) is 4.79 Å². The molecule has 0 spiro atoms. The zero-order valence-corrected chi connectivity index (χ0v) is 13.6. The minimum atomic E-state index is -0.0988. The summed E-state index contributed by atoms with van der Waals surface area (Å²) >= 11 is 7.77. The van der Waals surface area contributed by atoms with E-state index in [1.807, 2.05) is 18.7 Å². The molecule has 0 saturated heterocycles. The van der Waals surface area contributed by atoms with Crippen molar-refractivity contribution < 1.29 is 4.79 Å².